The third-order valence-corrected chi connectivity index (χ3v) is 9.19. The Hall–Kier alpha value is -1.55. The average Bonchev–Trinajstić information content (AvgIpc) is 2.99. The number of hydrogen-bond acceptors (Lipinski definition) is 3. The molecule has 1 N–H and O–H groups in total. The number of aliphatic hydroxyl groups is 1. The summed E-state index contributed by atoms with van der Waals surface area (Å²) < 4.78 is 6.03. The minimum Gasteiger partial charge on any atom is -0.493 e. The zero-order chi connectivity index (χ0) is 20.3. The van der Waals surface area contributed by atoms with Crippen LogP contribution in [0.3, 0.4) is 0 Å². The van der Waals surface area contributed by atoms with Crippen LogP contribution >= 0.6 is 0 Å². The zero-order valence-corrected chi connectivity index (χ0v) is 17.9. The zero-order valence-electron chi connectivity index (χ0n) is 17.9. The molecule has 2 saturated heterocycles. The fourth-order valence-electron chi connectivity index (χ4n) is 8.29. The molecule has 1 amide bonds. The van der Waals surface area contributed by atoms with E-state index in [-0.39, 0.29) is 0 Å². The predicted molar refractivity (Wildman–Crippen MR) is 115 cm³/mol. The third-order valence-electron chi connectivity index (χ3n) is 9.19. The molecule has 162 valence electrons. The Morgan fingerprint density at radius 2 is 1.67 bits per heavy atom. The van der Waals surface area contributed by atoms with E-state index in [1.807, 2.05) is 30.3 Å². The fraction of sp³-hybridized carbons (Fsp3) is 0.731. The van der Waals surface area contributed by atoms with Crippen molar-refractivity contribution in [1.82, 2.24) is 4.90 Å². The van der Waals surface area contributed by atoms with Crippen LogP contribution in [0.2, 0.25) is 0 Å². The molecule has 1 aromatic carbocycles. The molecular formula is C26H35NO3. The highest BCUT2D eigenvalue weighted by atomic mass is 16.5. The highest BCUT2D eigenvalue weighted by molar-refractivity contribution is 5.77. The van der Waals surface area contributed by atoms with Crippen LogP contribution in [0.25, 0.3) is 0 Å². The Kier molecular flexibility index (Phi) is 4.63. The molecule has 2 aliphatic heterocycles. The molecule has 5 atom stereocenters. The lowest BCUT2D eigenvalue weighted by molar-refractivity contribution is -0.162. The number of carbonyl (C=O) groups excluding carboxylic acids is 1. The molecule has 0 aromatic heterocycles. The summed E-state index contributed by atoms with van der Waals surface area (Å²) in [5.41, 5.74) is -0.397. The maximum absolute atomic E-state index is 13.4. The Morgan fingerprint density at radius 1 is 1.00 bits per heavy atom. The van der Waals surface area contributed by atoms with Crippen molar-refractivity contribution in [1.29, 1.82) is 0 Å². The van der Waals surface area contributed by atoms with E-state index >= 15 is 0 Å². The summed E-state index contributed by atoms with van der Waals surface area (Å²) in [6, 6.07) is 10.9. The van der Waals surface area contributed by atoms with Gasteiger partial charge in [0.25, 0.3) is 0 Å². The second-order valence-corrected chi connectivity index (χ2v) is 11.2. The van der Waals surface area contributed by atoms with Gasteiger partial charge < -0.3 is 14.7 Å². The molecular weight excluding hydrogens is 374 g/mol. The molecule has 2 heterocycles. The van der Waals surface area contributed by atoms with Gasteiger partial charge in [-0.15, -0.1) is 0 Å². The average molecular weight is 410 g/mol. The number of nitrogens with zero attached hydrogens (tertiary/aromatic N) is 1. The van der Waals surface area contributed by atoms with Gasteiger partial charge in [-0.1, -0.05) is 18.2 Å². The van der Waals surface area contributed by atoms with Crippen LogP contribution in [0.1, 0.15) is 64.2 Å². The Morgan fingerprint density at radius 3 is 2.30 bits per heavy atom. The first kappa shape index (κ1) is 19.2. The molecule has 4 aliphatic carbocycles. The van der Waals surface area contributed by atoms with E-state index in [1.54, 1.807) is 0 Å². The highest BCUT2D eigenvalue weighted by Gasteiger charge is 2.55. The molecule has 4 saturated carbocycles. The molecule has 6 fully saturated rings. The summed E-state index contributed by atoms with van der Waals surface area (Å²) in [6.45, 7) is 0.770. The number of fused-ring (bicyclic) bond motifs is 2. The summed E-state index contributed by atoms with van der Waals surface area (Å²) in [5, 5.41) is 10.9. The van der Waals surface area contributed by atoms with E-state index in [0.717, 1.165) is 69.6 Å². The maximum atomic E-state index is 13.4. The van der Waals surface area contributed by atoms with E-state index < -0.39 is 5.60 Å². The summed E-state index contributed by atoms with van der Waals surface area (Å²) in [7, 11) is 0. The van der Waals surface area contributed by atoms with E-state index in [4.69, 9.17) is 4.74 Å². The number of piperidine rings is 1. The van der Waals surface area contributed by atoms with Gasteiger partial charge in [0.2, 0.25) is 5.91 Å². The van der Waals surface area contributed by atoms with Gasteiger partial charge in [-0.05, 0) is 99.5 Å². The Bertz CT molecular complexity index is 765. The third kappa shape index (κ3) is 3.36. The van der Waals surface area contributed by atoms with Crippen molar-refractivity contribution in [3.8, 4) is 5.75 Å². The van der Waals surface area contributed by atoms with Crippen molar-refractivity contribution in [2.75, 3.05) is 6.61 Å². The highest BCUT2D eigenvalue weighted by Crippen LogP contribution is 2.59. The van der Waals surface area contributed by atoms with Crippen molar-refractivity contribution >= 4 is 5.91 Å². The molecule has 1 aromatic rings. The molecule has 30 heavy (non-hydrogen) atoms. The van der Waals surface area contributed by atoms with Crippen molar-refractivity contribution < 1.29 is 14.6 Å². The van der Waals surface area contributed by atoms with Gasteiger partial charge in [-0.2, -0.15) is 0 Å². The number of para-hydroxylation sites is 1. The molecule has 4 heteroatoms. The number of amides is 1. The summed E-state index contributed by atoms with van der Waals surface area (Å²) in [6.07, 6.45) is 10.7. The monoisotopic (exact) mass is 409 g/mol. The fourth-order valence-corrected chi connectivity index (χ4v) is 8.29. The summed E-state index contributed by atoms with van der Waals surface area (Å²) in [5.74, 6) is 4.33. The van der Waals surface area contributed by atoms with Crippen molar-refractivity contribution in [3.05, 3.63) is 30.3 Å². The largest absolute Gasteiger partial charge is 0.493 e. The SMILES string of the molecule is O=C(CC1C2CC3CC1CC(O)(C3)C2)N1[C@@H]2CC[C@H]1CC(COc1ccccc1)C2. The van der Waals surface area contributed by atoms with Crippen molar-refractivity contribution in [2.24, 2.45) is 29.6 Å². The number of benzene rings is 1. The van der Waals surface area contributed by atoms with Gasteiger partial charge in [0, 0.05) is 18.5 Å². The lowest BCUT2D eigenvalue weighted by Crippen LogP contribution is -2.56. The first-order chi connectivity index (χ1) is 14.6. The second kappa shape index (κ2) is 7.25. The summed E-state index contributed by atoms with van der Waals surface area (Å²) in [4.78, 5) is 15.7. The molecule has 7 rings (SSSR count). The first-order valence-corrected chi connectivity index (χ1v) is 12.3. The Labute approximate surface area is 180 Å². The van der Waals surface area contributed by atoms with Crippen LogP contribution < -0.4 is 4.74 Å². The minimum atomic E-state index is -0.397. The topological polar surface area (TPSA) is 49.8 Å². The van der Waals surface area contributed by atoms with Crippen LogP contribution in [-0.2, 0) is 4.79 Å². The number of hydrogen-bond donors (Lipinski definition) is 1. The van der Waals surface area contributed by atoms with E-state index in [9.17, 15) is 9.90 Å². The van der Waals surface area contributed by atoms with Crippen LogP contribution in [0.5, 0.6) is 5.75 Å². The van der Waals surface area contributed by atoms with Crippen LogP contribution in [0.15, 0.2) is 30.3 Å². The van der Waals surface area contributed by atoms with E-state index in [1.165, 1.54) is 12.8 Å². The molecule has 6 bridgehead atoms. The number of rotatable bonds is 5. The smallest absolute Gasteiger partial charge is 0.223 e. The predicted octanol–water partition coefficient (Wildman–Crippen LogP) is 4.41. The van der Waals surface area contributed by atoms with Gasteiger partial charge in [0.1, 0.15) is 5.75 Å². The van der Waals surface area contributed by atoms with Crippen molar-refractivity contribution in [2.45, 2.75) is 81.9 Å². The summed E-state index contributed by atoms with van der Waals surface area (Å²) >= 11 is 0. The van der Waals surface area contributed by atoms with Crippen molar-refractivity contribution in [3.63, 3.8) is 0 Å². The van der Waals surface area contributed by atoms with Gasteiger partial charge in [0.05, 0.1) is 12.2 Å². The lowest BCUT2D eigenvalue weighted by atomic mass is 9.49. The Balaban J connectivity index is 1.07. The van der Waals surface area contributed by atoms with Gasteiger partial charge >= 0.3 is 0 Å². The molecule has 0 radical (unpaired) electrons. The van der Waals surface area contributed by atoms with Gasteiger partial charge in [-0.25, -0.2) is 0 Å². The lowest BCUT2D eigenvalue weighted by Gasteiger charge is -2.58. The van der Waals surface area contributed by atoms with Crippen LogP contribution in [0, 0.1) is 29.6 Å². The number of carbonyl (C=O) groups is 1. The molecule has 3 unspecified atom stereocenters. The van der Waals surface area contributed by atoms with Gasteiger partial charge in [-0.3, -0.25) is 4.79 Å². The maximum Gasteiger partial charge on any atom is 0.223 e. The molecule has 6 aliphatic rings. The second-order valence-electron chi connectivity index (χ2n) is 11.2. The number of ether oxygens (including phenoxy) is 1. The van der Waals surface area contributed by atoms with Crippen LogP contribution in [-0.4, -0.2) is 40.2 Å². The van der Waals surface area contributed by atoms with E-state index in [2.05, 4.69) is 4.90 Å². The quantitative estimate of drug-likeness (QED) is 0.784. The molecule has 4 nitrogen and oxygen atoms in total. The van der Waals surface area contributed by atoms with Gasteiger partial charge in [0.15, 0.2) is 0 Å². The standard InChI is InChI=1S/C26H35NO3/c28-25(12-24-19-8-17-9-20(24)15-26(29,13-17)14-19)27-21-6-7-22(27)11-18(10-21)16-30-23-4-2-1-3-5-23/h1-5,17-22,24,29H,6-16H2/t17?,18?,19?,20?,21-,22+,24?,26?. The minimum absolute atomic E-state index is 0.397. The van der Waals surface area contributed by atoms with Crippen LogP contribution in [0.4, 0.5) is 0 Å². The van der Waals surface area contributed by atoms with E-state index in [0.29, 0.717) is 41.7 Å². The normalized spacial score (nSPS) is 43.8. The molecule has 0 spiro atoms. The first-order valence-electron chi connectivity index (χ1n) is 12.3.